The van der Waals surface area contributed by atoms with Crippen LogP contribution in [0, 0.1) is 0 Å². The fraction of sp³-hybridized carbons (Fsp3) is 0.706. The molecular weight excluding hydrogens is 262 g/mol. The standard InChI is InChI=1S/C17H28N3O/c1-15-13-20(14-16(2)21-15)11-9-19(10-12-20)8-6-17-5-3-4-7-18-17/h3-5,7,15-16H,6,8-14H2,1-2H3/q+1. The maximum Gasteiger partial charge on any atom is 0.105 e. The van der Waals surface area contributed by atoms with Crippen LogP contribution in [-0.4, -0.2) is 72.4 Å². The van der Waals surface area contributed by atoms with Crippen molar-refractivity contribution in [2.75, 3.05) is 45.8 Å². The average Bonchev–Trinajstić information content (AvgIpc) is 2.47. The number of piperazine rings is 1. The van der Waals surface area contributed by atoms with Crippen molar-refractivity contribution in [3.63, 3.8) is 0 Å². The number of rotatable bonds is 3. The van der Waals surface area contributed by atoms with Gasteiger partial charge in [0, 0.05) is 37.9 Å². The molecule has 116 valence electrons. The van der Waals surface area contributed by atoms with Crippen molar-refractivity contribution in [2.24, 2.45) is 0 Å². The second kappa shape index (κ2) is 6.42. The summed E-state index contributed by atoms with van der Waals surface area (Å²) in [6.45, 7) is 13.0. The van der Waals surface area contributed by atoms with Gasteiger partial charge in [0.05, 0.1) is 13.1 Å². The minimum atomic E-state index is 0.411. The molecule has 0 amide bonds. The summed E-state index contributed by atoms with van der Waals surface area (Å²) < 4.78 is 7.17. The Morgan fingerprint density at radius 3 is 2.52 bits per heavy atom. The second-order valence-corrected chi connectivity index (χ2v) is 6.82. The molecule has 3 rings (SSSR count). The van der Waals surface area contributed by atoms with E-state index in [2.05, 4.69) is 35.9 Å². The van der Waals surface area contributed by atoms with Gasteiger partial charge in [0.15, 0.2) is 0 Å². The molecule has 0 aromatic carbocycles. The topological polar surface area (TPSA) is 25.4 Å². The predicted octanol–water partition coefficient (Wildman–Crippen LogP) is 1.56. The quantitative estimate of drug-likeness (QED) is 0.790. The van der Waals surface area contributed by atoms with Gasteiger partial charge in [0.2, 0.25) is 0 Å². The highest BCUT2D eigenvalue weighted by atomic mass is 16.5. The van der Waals surface area contributed by atoms with E-state index in [-0.39, 0.29) is 0 Å². The lowest BCUT2D eigenvalue weighted by molar-refractivity contribution is -0.945. The highest BCUT2D eigenvalue weighted by molar-refractivity contribution is 5.03. The van der Waals surface area contributed by atoms with Crippen molar-refractivity contribution >= 4 is 0 Å². The van der Waals surface area contributed by atoms with Crippen molar-refractivity contribution in [2.45, 2.75) is 32.5 Å². The lowest BCUT2D eigenvalue weighted by atomic mass is 10.1. The molecule has 2 aliphatic rings. The Hall–Kier alpha value is -0.970. The van der Waals surface area contributed by atoms with Crippen molar-refractivity contribution in [1.29, 1.82) is 0 Å². The van der Waals surface area contributed by atoms with Gasteiger partial charge in [-0.25, -0.2) is 0 Å². The van der Waals surface area contributed by atoms with Gasteiger partial charge in [-0.3, -0.25) is 9.88 Å². The van der Waals surface area contributed by atoms with Gasteiger partial charge in [0.25, 0.3) is 0 Å². The molecule has 1 spiro atoms. The van der Waals surface area contributed by atoms with Gasteiger partial charge in [-0.2, -0.15) is 0 Å². The predicted molar refractivity (Wildman–Crippen MR) is 84.1 cm³/mol. The number of nitrogens with zero attached hydrogens (tertiary/aromatic N) is 3. The normalized spacial score (nSPS) is 29.6. The van der Waals surface area contributed by atoms with E-state index < -0.39 is 0 Å². The Labute approximate surface area is 128 Å². The maximum absolute atomic E-state index is 5.91. The van der Waals surface area contributed by atoms with Crippen molar-refractivity contribution in [3.05, 3.63) is 30.1 Å². The largest absolute Gasteiger partial charge is 0.364 e. The first-order valence-electron chi connectivity index (χ1n) is 8.28. The summed E-state index contributed by atoms with van der Waals surface area (Å²) in [6, 6.07) is 6.19. The number of morpholine rings is 1. The van der Waals surface area contributed by atoms with Crippen LogP contribution < -0.4 is 0 Å². The number of hydrogen-bond acceptors (Lipinski definition) is 3. The summed E-state index contributed by atoms with van der Waals surface area (Å²) in [6.07, 6.45) is 3.78. The first-order chi connectivity index (χ1) is 10.2. The van der Waals surface area contributed by atoms with Crippen molar-refractivity contribution < 1.29 is 9.22 Å². The molecule has 21 heavy (non-hydrogen) atoms. The van der Waals surface area contributed by atoms with Gasteiger partial charge in [-0.1, -0.05) is 6.07 Å². The van der Waals surface area contributed by atoms with Gasteiger partial charge < -0.3 is 9.22 Å². The van der Waals surface area contributed by atoms with E-state index in [0.29, 0.717) is 12.2 Å². The summed E-state index contributed by atoms with van der Waals surface area (Å²) >= 11 is 0. The van der Waals surface area contributed by atoms with Crippen LogP contribution in [0.5, 0.6) is 0 Å². The van der Waals surface area contributed by atoms with Crippen LogP contribution in [0.4, 0.5) is 0 Å². The maximum atomic E-state index is 5.91. The molecule has 2 fully saturated rings. The van der Waals surface area contributed by atoms with Crippen LogP contribution in [0.25, 0.3) is 0 Å². The zero-order valence-electron chi connectivity index (χ0n) is 13.4. The zero-order chi connectivity index (χ0) is 14.7. The first-order valence-corrected chi connectivity index (χ1v) is 8.28. The van der Waals surface area contributed by atoms with Crippen LogP contribution in [-0.2, 0) is 11.2 Å². The lowest BCUT2D eigenvalue weighted by Gasteiger charge is -2.50. The lowest BCUT2D eigenvalue weighted by Crippen LogP contribution is -2.66. The molecular formula is C17H28N3O+. The highest BCUT2D eigenvalue weighted by Gasteiger charge is 2.39. The molecule has 4 nitrogen and oxygen atoms in total. The summed E-state index contributed by atoms with van der Waals surface area (Å²) in [5, 5.41) is 0. The average molecular weight is 290 g/mol. The monoisotopic (exact) mass is 290 g/mol. The summed E-state index contributed by atoms with van der Waals surface area (Å²) in [4.78, 5) is 7.02. The number of hydrogen-bond donors (Lipinski definition) is 0. The number of aromatic nitrogens is 1. The molecule has 0 aliphatic carbocycles. The molecule has 0 N–H and O–H groups in total. The Morgan fingerprint density at radius 1 is 1.19 bits per heavy atom. The van der Waals surface area contributed by atoms with Crippen LogP contribution in [0.3, 0.4) is 0 Å². The molecule has 0 bridgehead atoms. The van der Waals surface area contributed by atoms with Crippen LogP contribution >= 0.6 is 0 Å². The summed E-state index contributed by atoms with van der Waals surface area (Å²) in [5.74, 6) is 0. The van der Waals surface area contributed by atoms with Gasteiger partial charge in [0.1, 0.15) is 25.3 Å². The fourth-order valence-corrected chi connectivity index (χ4v) is 3.99. The van der Waals surface area contributed by atoms with Crippen molar-refractivity contribution in [3.8, 4) is 0 Å². The number of ether oxygens (including phenoxy) is 1. The molecule has 2 aliphatic heterocycles. The smallest absolute Gasteiger partial charge is 0.105 e. The van der Waals surface area contributed by atoms with Crippen LogP contribution in [0.15, 0.2) is 24.4 Å². The van der Waals surface area contributed by atoms with Crippen molar-refractivity contribution in [1.82, 2.24) is 9.88 Å². The Morgan fingerprint density at radius 2 is 1.90 bits per heavy atom. The second-order valence-electron chi connectivity index (χ2n) is 6.82. The van der Waals surface area contributed by atoms with Gasteiger partial charge in [-0.05, 0) is 26.0 Å². The molecule has 2 atom stereocenters. The Bertz CT molecular complexity index is 431. The molecule has 4 heteroatoms. The number of quaternary nitrogens is 1. The van der Waals surface area contributed by atoms with E-state index in [1.807, 2.05) is 12.3 Å². The third-order valence-corrected chi connectivity index (χ3v) is 4.94. The SMILES string of the molecule is CC1C[N+]2(CCN(CCc3ccccn3)CC2)CC(C)O1. The number of pyridine rings is 1. The minimum Gasteiger partial charge on any atom is -0.364 e. The molecule has 1 aromatic heterocycles. The van der Waals surface area contributed by atoms with Gasteiger partial charge in [-0.15, -0.1) is 0 Å². The Balaban J connectivity index is 1.49. The molecule has 2 saturated heterocycles. The van der Waals surface area contributed by atoms with E-state index in [1.165, 1.54) is 49.4 Å². The molecule has 2 unspecified atom stereocenters. The Kier molecular flexibility index (Phi) is 4.57. The third kappa shape index (κ3) is 3.82. The minimum absolute atomic E-state index is 0.411. The summed E-state index contributed by atoms with van der Waals surface area (Å²) in [5.41, 5.74) is 1.21. The van der Waals surface area contributed by atoms with E-state index in [4.69, 9.17) is 4.74 Å². The molecule has 1 aromatic rings. The third-order valence-electron chi connectivity index (χ3n) is 4.94. The van der Waals surface area contributed by atoms with Crippen LogP contribution in [0.2, 0.25) is 0 Å². The first kappa shape index (κ1) is 14.9. The zero-order valence-corrected chi connectivity index (χ0v) is 13.4. The van der Waals surface area contributed by atoms with Gasteiger partial charge >= 0.3 is 0 Å². The fourth-order valence-electron chi connectivity index (χ4n) is 3.99. The van der Waals surface area contributed by atoms with E-state index in [9.17, 15) is 0 Å². The van der Waals surface area contributed by atoms with E-state index in [0.717, 1.165) is 13.0 Å². The highest BCUT2D eigenvalue weighted by Crippen LogP contribution is 2.22. The van der Waals surface area contributed by atoms with Crippen LogP contribution in [0.1, 0.15) is 19.5 Å². The molecule has 0 saturated carbocycles. The van der Waals surface area contributed by atoms with E-state index >= 15 is 0 Å². The molecule has 3 heterocycles. The van der Waals surface area contributed by atoms with E-state index in [1.54, 1.807) is 0 Å². The molecule has 0 radical (unpaired) electrons. The summed E-state index contributed by atoms with van der Waals surface area (Å²) in [7, 11) is 0.